The highest BCUT2D eigenvalue weighted by atomic mass is 16.2. The van der Waals surface area contributed by atoms with Crippen molar-refractivity contribution in [2.45, 2.75) is 12.8 Å². The van der Waals surface area contributed by atoms with Gasteiger partial charge in [-0.25, -0.2) is 0 Å². The van der Waals surface area contributed by atoms with Gasteiger partial charge in [0.1, 0.15) is 0 Å². The van der Waals surface area contributed by atoms with E-state index in [4.69, 9.17) is 0 Å². The van der Waals surface area contributed by atoms with Crippen LogP contribution in [0.1, 0.15) is 11.3 Å². The van der Waals surface area contributed by atoms with Crippen molar-refractivity contribution in [3.63, 3.8) is 0 Å². The van der Waals surface area contributed by atoms with Crippen molar-refractivity contribution >= 4 is 28.3 Å². The van der Waals surface area contributed by atoms with Crippen molar-refractivity contribution in [2.24, 2.45) is 11.8 Å². The van der Waals surface area contributed by atoms with Crippen LogP contribution in [0.5, 0.6) is 0 Å². The molecule has 0 bridgehead atoms. The molecule has 2 unspecified atom stereocenters. The van der Waals surface area contributed by atoms with Crippen molar-refractivity contribution in [1.82, 2.24) is 4.98 Å². The van der Waals surface area contributed by atoms with Gasteiger partial charge in [-0.3, -0.25) is 19.5 Å². The van der Waals surface area contributed by atoms with Crippen LogP contribution in [0.4, 0.5) is 5.69 Å². The minimum absolute atomic E-state index is 0.0835. The Morgan fingerprint density at radius 3 is 2.32 bits per heavy atom. The van der Waals surface area contributed by atoms with E-state index in [2.05, 4.69) is 11.1 Å². The Bertz CT molecular complexity index is 1010. The molecule has 3 aromatic rings. The Morgan fingerprint density at radius 2 is 1.52 bits per heavy atom. The molecule has 1 saturated heterocycles. The maximum absolute atomic E-state index is 13.0. The smallest absolute Gasteiger partial charge is 0.238 e. The van der Waals surface area contributed by atoms with Crippen molar-refractivity contribution in [1.29, 1.82) is 0 Å². The Labute approximate surface area is 145 Å². The molecule has 1 aliphatic carbocycles. The van der Waals surface area contributed by atoms with E-state index < -0.39 is 0 Å². The lowest BCUT2D eigenvalue weighted by Gasteiger charge is -2.24. The monoisotopic (exact) mass is 328 g/mol. The van der Waals surface area contributed by atoms with Gasteiger partial charge in [-0.2, -0.15) is 0 Å². The topological polar surface area (TPSA) is 50.3 Å². The molecule has 4 nitrogen and oxygen atoms in total. The molecule has 1 aromatic heterocycles. The van der Waals surface area contributed by atoms with Gasteiger partial charge in [0, 0.05) is 23.7 Å². The zero-order chi connectivity index (χ0) is 17.0. The highest BCUT2D eigenvalue weighted by molar-refractivity contribution is 6.22. The second-order valence-electron chi connectivity index (χ2n) is 6.74. The van der Waals surface area contributed by atoms with Gasteiger partial charge in [0.05, 0.1) is 17.5 Å². The number of benzene rings is 2. The zero-order valence-electron chi connectivity index (χ0n) is 13.6. The van der Waals surface area contributed by atoms with Crippen molar-refractivity contribution in [3.8, 4) is 0 Å². The molecule has 1 fully saturated rings. The fourth-order valence-electron chi connectivity index (χ4n) is 4.17. The first-order chi connectivity index (χ1) is 12.2. The first kappa shape index (κ1) is 14.3. The quantitative estimate of drug-likeness (QED) is 0.645. The molecule has 2 heterocycles. The Balaban J connectivity index is 1.59. The predicted octanol–water partition coefficient (Wildman–Crippen LogP) is 3.14. The molecule has 1 aliphatic heterocycles. The van der Waals surface area contributed by atoms with Crippen LogP contribution in [0.3, 0.4) is 0 Å². The summed E-state index contributed by atoms with van der Waals surface area (Å²) in [5.41, 5.74) is 2.74. The van der Waals surface area contributed by atoms with Gasteiger partial charge in [0.15, 0.2) is 0 Å². The summed E-state index contributed by atoms with van der Waals surface area (Å²) in [5.74, 6) is -0.761. The number of hydrogen-bond acceptors (Lipinski definition) is 3. The lowest BCUT2D eigenvalue weighted by Crippen LogP contribution is -2.30. The van der Waals surface area contributed by atoms with Crippen LogP contribution in [0.25, 0.3) is 10.8 Å². The summed E-state index contributed by atoms with van der Waals surface area (Å²) in [6.45, 7) is 0. The van der Waals surface area contributed by atoms with Gasteiger partial charge in [-0.15, -0.1) is 0 Å². The summed E-state index contributed by atoms with van der Waals surface area (Å²) in [5, 5.41) is 2.22. The minimum atomic E-state index is -0.297. The predicted molar refractivity (Wildman–Crippen MR) is 95.1 cm³/mol. The van der Waals surface area contributed by atoms with Gasteiger partial charge >= 0.3 is 0 Å². The molecule has 2 amide bonds. The number of anilines is 1. The van der Waals surface area contributed by atoms with E-state index in [1.165, 1.54) is 4.90 Å². The lowest BCUT2D eigenvalue weighted by molar-refractivity contribution is -0.122. The normalized spacial score (nSPS) is 22.2. The van der Waals surface area contributed by atoms with Crippen molar-refractivity contribution in [3.05, 3.63) is 72.1 Å². The largest absolute Gasteiger partial charge is 0.274 e. The SMILES string of the molecule is O=C1C2Cc3ncc4ccccc4c3CC2C(=O)N1c1ccccc1. The summed E-state index contributed by atoms with van der Waals surface area (Å²) in [4.78, 5) is 31.8. The summed E-state index contributed by atoms with van der Waals surface area (Å²) in [7, 11) is 0. The Hall–Kier alpha value is -3.01. The average Bonchev–Trinajstić information content (AvgIpc) is 2.91. The van der Waals surface area contributed by atoms with Crippen LogP contribution in [-0.2, 0) is 22.4 Å². The molecule has 0 spiro atoms. The molecule has 2 atom stereocenters. The van der Waals surface area contributed by atoms with E-state index in [1.54, 1.807) is 0 Å². The molecular formula is C21H16N2O2. The highest BCUT2D eigenvalue weighted by Gasteiger charge is 2.50. The number of amides is 2. The van der Waals surface area contributed by atoms with E-state index in [0.717, 1.165) is 22.0 Å². The first-order valence-corrected chi connectivity index (χ1v) is 8.52. The van der Waals surface area contributed by atoms with Crippen molar-refractivity contribution < 1.29 is 9.59 Å². The standard InChI is InChI=1S/C21H16N2O2/c24-20-17-10-16-15-9-5-4-6-13(15)12-22-19(16)11-18(17)21(25)23(20)14-7-2-1-3-8-14/h1-9,12,17-18H,10-11H2. The fourth-order valence-corrected chi connectivity index (χ4v) is 4.17. The molecule has 0 saturated carbocycles. The number of carbonyl (C=O) groups excluding carboxylic acids is 2. The van der Waals surface area contributed by atoms with Crippen LogP contribution in [0, 0.1) is 11.8 Å². The third-order valence-electron chi connectivity index (χ3n) is 5.41. The van der Waals surface area contributed by atoms with Crippen LogP contribution in [0.15, 0.2) is 60.8 Å². The van der Waals surface area contributed by atoms with Gasteiger partial charge in [-0.05, 0) is 29.5 Å². The number of fused-ring (bicyclic) bond motifs is 4. The van der Waals surface area contributed by atoms with Crippen LogP contribution in [0.2, 0.25) is 0 Å². The highest BCUT2D eigenvalue weighted by Crippen LogP contribution is 2.40. The molecule has 0 N–H and O–H groups in total. The Kier molecular flexibility index (Phi) is 3.01. The maximum atomic E-state index is 13.0. The molecule has 5 rings (SSSR count). The minimum Gasteiger partial charge on any atom is -0.274 e. The van der Waals surface area contributed by atoms with Gasteiger partial charge in [-0.1, -0.05) is 42.5 Å². The molecule has 0 radical (unpaired) electrons. The number of rotatable bonds is 1. The lowest BCUT2D eigenvalue weighted by atomic mass is 9.78. The molecule has 4 heteroatoms. The molecule has 122 valence electrons. The van der Waals surface area contributed by atoms with Crippen LogP contribution < -0.4 is 4.90 Å². The summed E-state index contributed by atoms with van der Waals surface area (Å²) in [6, 6.07) is 17.3. The number of pyridine rings is 1. The van der Waals surface area contributed by atoms with E-state index in [-0.39, 0.29) is 23.7 Å². The number of carbonyl (C=O) groups is 2. The average molecular weight is 328 g/mol. The maximum Gasteiger partial charge on any atom is 0.238 e. The van der Waals surface area contributed by atoms with Gasteiger partial charge in [0.2, 0.25) is 11.8 Å². The van der Waals surface area contributed by atoms with E-state index in [0.29, 0.717) is 18.5 Å². The van der Waals surface area contributed by atoms with Crippen molar-refractivity contribution in [2.75, 3.05) is 4.90 Å². The number of para-hydroxylation sites is 1. The third kappa shape index (κ3) is 2.03. The number of aromatic nitrogens is 1. The fraction of sp³-hybridized carbons (Fsp3) is 0.190. The third-order valence-corrected chi connectivity index (χ3v) is 5.41. The number of hydrogen-bond donors (Lipinski definition) is 0. The van der Waals surface area contributed by atoms with Gasteiger partial charge in [0.25, 0.3) is 0 Å². The number of imide groups is 1. The van der Waals surface area contributed by atoms with E-state index >= 15 is 0 Å². The summed E-state index contributed by atoms with van der Waals surface area (Å²) < 4.78 is 0. The molecular weight excluding hydrogens is 312 g/mol. The summed E-state index contributed by atoms with van der Waals surface area (Å²) in [6.07, 6.45) is 2.99. The molecule has 2 aliphatic rings. The van der Waals surface area contributed by atoms with Gasteiger partial charge < -0.3 is 0 Å². The summed E-state index contributed by atoms with van der Waals surface area (Å²) >= 11 is 0. The number of nitrogens with zero attached hydrogens (tertiary/aromatic N) is 2. The second kappa shape index (κ2) is 5.24. The van der Waals surface area contributed by atoms with Crippen LogP contribution in [-0.4, -0.2) is 16.8 Å². The van der Waals surface area contributed by atoms with Crippen LogP contribution >= 0.6 is 0 Å². The molecule has 25 heavy (non-hydrogen) atoms. The Morgan fingerprint density at radius 1 is 0.840 bits per heavy atom. The van der Waals surface area contributed by atoms with E-state index in [9.17, 15) is 9.59 Å². The van der Waals surface area contributed by atoms with E-state index in [1.807, 2.05) is 54.7 Å². The zero-order valence-corrected chi connectivity index (χ0v) is 13.6. The first-order valence-electron chi connectivity index (χ1n) is 8.52. The second-order valence-corrected chi connectivity index (χ2v) is 6.74. The molecule has 2 aromatic carbocycles.